The number of nitrogens with zero attached hydrogens (tertiary/aromatic N) is 2. The molecule has 0 amide bonds. The number of aromatic nitrogens is 1. The van der Waals surface area contributed by atoms with Crippen LogP contribution in [0.1, 0.15) is 34.3 Å². The molecule has 0 atom stereocenters. The smallest absolute Gasteiger partial charge is 0.338 e. The molecule has 6 nitrogen and oxygen atoms in total. The molecule has 0 unspecified atom stereocenters. The maximum Gasteiger partial charge on any atom is 0.338 e. The first kappa shape index (κ1) is 22.7. The highest BCUT2D eigenvalue weighted by molar-refractivity contribution is 5.93. The quantitative estimate of drug-likeness (QED) is 0.541. The number of carbonyl (C=O) groups is 1. The molecular formula is C26H27F2N3O3. The Kier molecular flexibility index (Phi) is 6.43. The number of fused-ring (bicyclic) bond motifs is 2. The molecule has 1 fully saturated rings. The van der Waals surface area contributed by atoms with Crippen molar-refractivity contribution in [2.45, 2.75) is 38.5 Å². The standard InChI is InChI=1S/C26H27F2N3O3/c27-19-14-23(28)22-3-4-25(32)31(24(22)15-19)12-11-30-9-6-20(7-10-30)29-8-5-17-1-2-21-18(13-17)16-34-26(21)33/h1-4,13-15,20,29H,5-12,16H2. The molecule has 2 aliphatic rings. The van der Waals surface area contributed by atoms with Crippen LogP contribution < -0.4 is 10.9 Å². The number of cyclic esters (lactones) is 1. The minimum atomic E-state index is -0.682. The van der Waals surface area contributed by atoms with Crippen molar-refractivity contribution >= 4 is 16.9 Å². The second kappa shape index (κ2) is 9.64. The molecule has 178 valence electrons. The Morgan fingerprint density at radius 1 is 1.00 bits per heavy atom. The molecule has 0 radical (unpaired) electrons. The topological polar surface area (TPSA) is 63.6 Å². The lowest BCUT2D eigenvalue weighted by Gasteiger charge is -2.32. The van der Waals surface area contributed by atoms with Crippen LogP contribution >= 0.6 is 0 Å². The number of hydrogen-bond donors (Lipinski definition) is 1. The molecule has 8 heteroatoms. The summed E-state index contributed by atoms with van der Waals surface area (Å²) >= 11 is 0. The summed E-state index contributed by atoms with van der Waals surface area (Å²) in [7, 11) is 0. The van der Waals surface area contributed by atoms with Gasteiger partial charge in [-0.25, -0.2) is 13.6 Å². The molecule has 3 heterocycles. The normalized spacial score (nSPS) is 16.7. The van der Waals surface area contributed by atoms with E-state index in [9.17, 15) is 18.4 Å². The Morgan fingerprint density at radius 2 is 1.82 bits per heavy atom. The fraction of sp³-hybridized carbons (Fsp3) is 0.385. The van der Waals surface area contributed by atoms with Crippen molar-refractivity contribution in [1.29, 1.82) is 0 Å². The van der Waals surface area contributed by atoms with E-state index < -0.39 is 11.6 Å². The van der Waals surface area contributed by atoms with E-state index in [1.807, 2.05) is 12.1 Å². The minimum Gasteiger partial charge on any atom is -0.457 e. The van der Waals surface area contributed by atoms with Crippen molar-refractivity contribution < 1.29 is 18.3 Å². The number of piperidine rings is 1. The first-order valence-corrected chi connectivity index (χ1v) is 11.7. The summed E-state index contributed by atoms with van der Waals surface area (Å²) in [6.07, 6.45) is 2.89. The molecule has 2 aromatic carbocycles. The lowest BCUT2D eigenvalue weighted by atomic mass is 10.0. The van der Waals surface area contributed by atoms with Gasteiger partial charge < -0.3 is 19.5 Å². The van der Waals surface area contributed by atoms with Gasteiger partial charge in [0.25, 0.3) is 5.56 Å². The zero-order valence-electron chi connectivity index (χ0n) is 18.9. The molecule has 1 aromatic heterocycles. The third-order valence-electron chi connectivity index (χ3n) is 6.84. The molecular weight excluding hydrogens is 440 g/mol. The third kappa shape index (κ3) is 4.74. The Labute approximate surface area is 196 Å². The zero-order valence-corrected chi connectivity index (χ0v) is 18.9. The number of nitrogens with one attached hydrogen (secondary N) is 1. The lowest BCUT2D eigenvalue weighted by molar-refractivity contribution is 0.0535. The van der Waals surface area contributed by atoms with Crippen LogP contribution in [-0.2, 0) is 24.3 Å². The number of benzene rings is 2. The number of hydrogen-bond acceptors (Lipinski definition) is 5. The Morgan fingerprint density at radius 3 is 2.65 bits per heavy atom. The lowest BCUT2D eigenvalue weighted by Crippen LogP contribution is -2.44. The zero-order chi connectivity index (χ0) is 23.7. The maximum absolute atomic E-state index is 14.1. The van der Waals surface area contributed by atoms with Gasteiger partial charge >= 0.3 is 5.97 Å². The molecule has 1 N–H and O–H groups in total. The monoisotopic (exact) mass is 467 g/mol. The van der Waals surface area contributed by atoms with E-state index in [-0.39, 0.29) is 16.9 Å². The van der Waals surface area contributed by atoms with E-state index in [0.717, 1.165) is 50.5 Å². The highest BCUT2D eigenvalue weighted by atomic mass is 19.1. The number of likely N-dealkylation sites (tertiary alicyclic amines) is 1. The number of esters is 1. The van der Waals surface area contributed by atoms with Crippen LogP contribution in [0.5, 0.6) is 0 Å². The molecule has 3 aromatic rings. The highest BCUT2D eigenvalue weighted by Crippen LogP contribution is 2.21. The summed E-state index contributed by atoms with van der Waals surface area (Å²) in [6, 6.07) is 11.1. The SMILES string of the molecule is O=C1OCc2cc(CCNC3CCN(CCn4c(=O)ccc5c(F)cc(F)cc54)CC3)ccc21. The molecule has 2 aliphatic heterocycles. The number of halogens is 2. The summed E-state index contributed by atoms with van der Waals surface area (Å²) in [5, 5.41) is 3.88. The third-order valence-corrected chi connectivity index (χ3v) is 6.84. The van der Waals surface area contributed by atoms with Crippen molar-refractivity contribution in [3.63, 3.8) is 0 Å². The Hall–Kier alpha value is -3.10. The van der Waals surface area contributed by atoms with Gasteiger partial charge in [-0.15, -0.1) is 0 Å². The van der Waals surface area contributed by atoms with Gasteiger partial charge in [0, 0.05) is 42.2 Å². The van der Waals surface area contributed by atoms with Crippen LogP contribution in [0.3, 0.4) is 0 Å². The van der Waals surface area contributed by atoms with E-state index in [1.165, 1.54) is 28.3 Å². The Bertz CT molecular complexity index is 1280. The second-order valence-corrected chi connectivity index (χ2v) is 9.03. The van der Waals surface area contributed by atoms with Gasteiger partial charge in [0.1, 0.15) is 18.2 Å². The first-order chi connectivity index (χ1) is 16.5. The number of ether oxygens (including phenoxy) is 1. The number of carbonyl (C=O) groups excluding carboxylic acids is 1. The van der Waals surface area contributed by atoms with E-state index in [4.69, 9.17) is 4.74 Å². The summed E-state index contributed by atoms with van der Waals surface area (Å²) in [4.78, 5) is 26.2. The summed E-state index contributed by atoms with van der Waals surface area (Å²) in [6.45, 7) is 4.07. The molecule has 0 spiro atoms. The summed E-state index contributed by atoms with van der Waals surface area (Å²) in [5.74, 6) is -1.58. The molecule has 0 saturated carbocycles. The van der Waals surface area contributed by atoms with Crippen LogP contribution in [-0.4, -0.2) is 47.7 Å². The highest BCUT2D eigenvalue weighted by Gasteiger charge is 2.21. The maximum atomic E-state index is 14.1. The molecule has 34 heavy (non-hydrogen) atoms. The fourth-order valence-electron chi connectivity index (χ4n) is 4.92. The van der Waals surface area contributed by atoms with E-state index in [1.54, 1.807) is 0 Å². The van der Waals surface area contributed by atoms with Crippen molar-refractivity contribution in [3.8, 4) is 0 Å². The van der Waals surface area contributed by atoms with Crippen LogP contribution in [0.2, 0.25) is 0 Å². The predicted molar refractivity (Wildman–Crippen MR) is 125 cm³/mol. The van der Waals surface area contributed by atoms with Crippen LogP contribution in [0.25, 0.3) is 10.9 Å². The van der Waals surface area contributed by atoms with Crippen LogP contribution in [0.4, 0.5) is 8.78 Å². The average molecular weight is 468 g/mol. The largest absolute Gasteiger partial charge is 0.457 e. The Balaban J connectivity index is 1.10. The fourth-order valence-corrected chi connectivity index (χ4v) is 4.92. The van der Waals surface area contributed by atoms with Gasteiger partial charge in [0.2, 0.25) is 0 Å². The molecule has 0 aliphatic carbocycles. The van der Waals surface area contributed by atoms with Crippen molar-refractivity contribution in [1.82, 2.24) is 14.8 Å². The van der Waals surface area contributed by atoms with Gasteiger partial charge in [0.05, 0.1) is 11.1 Å². The van der Waals surface area contributed by atoms with Gasteiger partial charge in [-0.3, -0.25) is 4.79 Å². The van der Waals surface area contributed by atoms with Gasteiger partial charge in [-0.2, -0.15) is 0 Å². The summed E-state index contributed by atoms with van der Waals surface area (Å²) < 4.78 is 34.4. The molecule has 5 rings (SSSR count). The minimum absolute atomic E-state index is 0.240. The number of rotatable bonds is 7. The van der Waals surface area contributed by atoms with E-state index in [2.05, 4.69) is 16.3 Å². The van der Waals surface area contributed by atoms with Crippen molar-refractivity contribution in [2.24, 2.45) is 0 Å². The van der Waals surface area contributed by atoms with E-state index in [0.29, 0.717) is 36.8 Å². The first-order valence-electron chi connectivity index (χ1n) is 11.7. The van der Waals surface area contributed by atoms with Crippen LogP contribution in [0, 0.1) is 11.6 Å². The van der Waals surface area contributed by atoms with Crippen molar-refractivity contribution in [3.05, 3.63) is 81.1 Å². The van der Waals surface area contributed by atoms with E-state index >= 15 is 0 Å². The summed E-state index contributed by atoms with van der Waals surface area (Å²) in [5.41, 5.74) is 2.87. The van der Waals surface area contributed by atoms with Gasteiger partial charge in [-0.1, -0.05) is 12.1 Å². The average Bonchev–Trinajstić information content (AvgIpc) is 3.19. The number of pyridine rings is 1. The van der Waals surface area contributed by atoms with Crippen molar-refractivity contribution in [2.75, 3.05) is 26.2 Å². The molecule has 1 saturated heterocycles. The molecule has 0 bridgehead atoms. The predicted octanol–water partition coefficient (Wildman–Crippen LogP) is 3.25. The second-order valence-electron chi connectivity index (χ2n) is 9.03. The van der Waals surface area contributed by atoms with Crippen LogP contribution in [0.15, 0.2) is 47.3 Å². The van der Waals surface area contributed by atoms with Gasteiger partial charge in [0.15, 0.2) is 0 Å². The van der Waals surface area contributed by atoms with Gasteiger partial charge in [-0.05, 0) is 62.7 Å².